The molecule has 0 aromatic carbocycles. The quantitative estimate of drug-likeness (QED) is 0.0460. The van der Waals surface area contributed by atoms with Gasteiger partial charge in [0, 0.05) is 6.61 Å². The number of carboxylic acid groups (broad SMARTS) is 2. The van der Waals surface area contributed by atoms with Gasteiger partial charge in [-0.2, -0.15) is 0 Å². The van der Waals surface area contributed by atoms with Gasteiger partial charge in [0.15, 0.2) is 6.10 Å². The van der Waals surface area contributed by atoms with Gasteiger partial charge in [-0.1, -0.05) is 154 Å². The minimum Gasteiger partial charge on any atom is -0.479 e. The number of carboxylic acids is 2. The smallest absolute Gasteiger partial charge is 0.339 e. The predicted octanol–water partition coefficient (Wildman–Crippen LogP) is 11.7. The van der Waals surface area contributed by atoms with Crippen LogP contribution in [0.1, 0.15) is 200 Å². The van der Waals surface area contributed by atoms with Gasteiger partial charge >= 0.3 is 11.9 Å². The number of allylic oxidation sites excluding steroid dienone is 4. The summed E-state index contributed by atoms with van der Waals surface area (Å²) in [6.45, 7) is 4.64. The molecule has 3 N–H and O–H groups in total. The molecule has 6 heteroatoms. The third-order valence-corrected chi connectivity index (χ3v) is 9.11. The van der Waals surface area contributed by atoms with Gasteiger partial charge in [-0.3, -0.25) is 0 Å². The molecule has 0 heterocycles. The van der Waals surface area contributed by atoms with Crippen molar-refractivity contribution in [1.82, 2.24) is 0 Å². The molecule has 0 bridgehead atoms. The second-order valence-corrected chi connectivity index (χ2v) is 13.4. The molecule has 0 radical (unpaired) electrons. The van der Waals surface area contributed by atoms with E-state index in [1.165, 1.54) is 103 Å². The van der Waals surface area contributed by atoms with Gasteiger partial charge in [-0.05, 0) is 70.6 Å². The Labute approximate surface area is 283 Å². The zero-order valence-electron chi connectivity index (χ0n) is 30.2. The number of aliphatic hydroxyl groups is 1. The molecule has 0 aromatic rings. The highest BCUT2D eigenvalue weighted by molar-refractivity contribution is 5.87. The lowest BCUT2D eigenvalue weighted by Gasteiger charge is -2.32. The molecule has 6 nitrogen and oxygen atoms in total. The molecule has 0 aliphatic heterocycles. The number of hydrogen-bond donors (Lipinski definition) is 3. The van der Waals surface area contributed by atoms with Crippen LogP contribution in [0, 0.1) is 0 Å². The summed E-state index contributed by atoms with van der Waals surface area (Å²) in [5.74, 6) is -2.94. The van der Waals surface area contributed by atoms with Crippen molar-refractivity contribution in [3.63, 3.8) is 0 Å². The number of ether oxygens (including phenoxy) is 1. The Kier molecular flexibility index (Phi) is 32.0. The fraction of sp³-hybridized carbons (Fsp3) is 0.850. The van der Waals surface area contributed by atoms with Gasteiger partial charge in [0.05, 0.1) is 0 Å². The highest BCUT2D eigenvalue weighted by Gasteiger charge is 2.50. The number of hydrogen-bond acceptors (Lipinski definition) is 4. The van der Waals surface area contributed by atoms with Gasteiger partial charge in [0.25, 0.3) is 0 Å². The first kappa shape index (κ1) is 44.3. The van der Waals surface area contributed by atoms with Crippen LogP contribution in [-0.2, 0) is 14.3 Å². The summed E-state index contributed by atoms with van der Waals surface area (Å²) < 4.78 is 5.71. The van der Waals surface area contributed by atoms with Crippen LogP contribution < -0.4 is 0 Å². The molecule has 0 rings (SSSR count). The van der Waals surface area contributed by atoms with Crippen LogP contribution in [-0.4, -0.2) is 45.6 Å². The summed E-state index contributed by atoms with van der Waals surface area (Å²) >= 11 is 0. The largest absolute Gasteiger partial charge is 0.479 e. The molecule has 0 saturated heterocycles. The van der Waals surface area contributed by atoms with Crippen molar-refractivity contribution in [3.05, 3.63) is 24.3 Å². The van der Waals surface area contributed by atoms with E-state index in [0.29, 0.717) is 12.8 Å². The van der Waals surface area contributed by atoms with Gasteiger partial charge in [-0.25, -0.2) is 9.59 Å². The van der Waals surface area contributed by atoms with E-state index < -0.39 is 23.6 Å². The average Bonchev–Trinajstić information content (AvgIpc) is 3.04. The van der Waals surface area contributed by atoms with Crippen LogP contribution in [0.3, 0.4) is 0 Å². The summed E-state index contributed by atoms with van der Waals surface area (Å²) in [6, 6.07) is 0. The SMILES string of the molecule is CCCCCCCCC=CCCCCCCCCOC(CCCCCCCCC=CCCCCCCCC)(C(=O)O)C(O)C(=O)O. The summed E-state index contributed by atoms with van der Waals surface area (Å²) in [7, 11) is 0. The molecule has 0 amide bonds. The number of rotatable bonds is 36. The van der Waals surface area contributed by atoms with Crippen molar-refractivity contribution < 1.29 is 29.6 Å². The molecule has 0 aliphatic rings. The van der Waals surface area contributed by atoms with Crippen LogP contribution in [0.2, 0.25) is 0 Å². The van der Waals surface area contributed by atoms with Crippen LogP contribution in [0.15, 0.2) is 24.3 Å². The van der Waals surface area contributed by atoms with Crippen molar-refractivity contribution >= 4 is 11.9 Å². The fourth-order valence-corrected chi connectivity index (χ4v) is 6.01. The molecule has 0 aliphatic carbocycles. The van der Waals surface area contributed by atoms with Gasteiger partial charge < -0.3 is 20.1 Å². The standard InChI is InChI=1S/C40H74O6/c1-3-5-7-9-11-13-15-17-19-21-23-25-27-29-31-33-35-40(39(44)45,37(41)38(42)43)46-36-34-32-30-28-26-24-22-20-18-16-14-12-10-8-6-4-2/h17-20,37,41H,3-16,21-36H2,1-2H3,(H,42,43)(H,44,45). The lowest BCUT2D eigenvalue weighted by molar-refractivity contribution is -0.195. The molecule has 2 unspecified atom stereocenters. The lowest BCUT2D eigenvalue weighted by Crippen LogP contribution is -2.55. The van der Waals surface area contributed by atoms with Crippen LogP contribution >= 0.6 is 0 Å². The molecule has 46 heavy (non-hydrogen) atoms. The first-order valence-electron chi connectivity index (χ1n) is 19.5. The van der Waals surface area contributed by atoms with Crippen molar-refractivity contribution in [2.45, 2.75) is 212 Å². The van der Waals surface area contributed by atoms with Crippen molar-refractivity contribution in [3.8, 4) is 0 Å². The summed E-state index contributed by atoms with van der Waals surface area (Å²) in [5.41, 5.74) is -2.09. The Morgan fingerprint density at radius 1 is 0.522 bits per heavy atom. The zero-order valence-corrected chi connectivity index (χ0v) is 30.2. The Hall–Kier alpha value is -1.66. The Morgan fingerprint density at radius 3 is 1.20 bits per heavy atom. The van der Waals surface area contributed by atoms with E-state index in [1.807, 2.05) is 0 Å². The summed E-state index contributed by atoms with van der Waals surface area (Å²) in [5, 5.41) is 29.7. The second kappa shape index (κ2) is 33.2. The number of aliphatic carboxylic acids is 2. The number of aliphatic hydroxyl groups excluding tert-OH is 1. The molecule has 0 saturated carbocycles. The maximum absolute atomic E-state index is 12.2. The Morgan fingerprint density at radius 2 is 0.848 bits per heavy atom. The first-order chi connectivity index (χ1) is 22.4. The lowest BCUT2D eigenvalue weighted by atomic mass is 9.89. The predicted molar refractivity (Wildman–Crippen MR) is 193 cm³/mol. The van der Waals surface area contributed by atoms with E-state index in [4.69, 9.17) is 4.74 Å². The second-order valence-electron chi connectivity index (χ2n) is 13.4. The minimum atomic E-state index is -2.09. The Bertz CT molecular complexity index is 748. The van der Waals surface area contributed by atoms with Crippen molar-refractivity contribution in [2.24, 2.45) is 0 Å². The molecule has 0 aromatic heterocycles. The maximum atomic E-state index is 12.2. The molecule has 0 fully saturated rings. The maximum Gasteiger partial charge on any atom is 0.339 e. The normalized spacial score (nSPS) is 13.9. The van der Waals surface area contributed by atoms with E-state index in [1.54, 1.807) is 0 Å². The van der Waals surface area contributed by atoms with E-state index in [9.17, 15) is 24.9 Å². The monoisotopic (exact) mass is 651 g/mol. The molecular weight excluding hydrogens is 576 g/mol. The zero-order chi connectivity index (χ0) is 34.0. The van der Waals surface area contributed by atoms with E-state index in [2.05, 4.69) is 38.2 Å². The third-order valence-electron chi connectivity index (χ3n) is 9.11. The highest BCUT2D eigenvalue weighted by Crippen LogP contribution is 2.27. The molecular formula is C40H74O6. The van der Waals surface area contributed by atoms with Crippen LogP contribution in [0.4, 0.5) is 0 Å². The summed E-state index contributed by atoms with van der Waals surface area (Å²) in [6.07, 6.45) is 39.6. The highest BCUT2D eigenvalue weighted by atomic mass is 16.5. The minimum absolute atomic E-state index is 0.00333. The average molecular weight is 651 g/mol. The number of carbonyl (C=O) groups is 2. The number of unbranched alkanes of at least 4 members (excludes halogenated alkanes) is 24. The van der Waals surface area contributed by atoms with Gasteiger partial charge in [0.1, 0.15) is 0 Å². The topological polar surface area (TPSA) is 104 Å². The first-order valence-corrected chi connectivity index (χ1v) is 19.5. The molecule has 270 valence electrons. The Balaban J connectivity index is 4.08. The van der Waals surface area contributed by atoms with Gasteiger partial charge in [-0.15, -0.1) is 0 Å². The van der Waals surface area contributed by atoms with Crippen molar-refractivity contribution in [2.75, 3.05) is 6.61 Å². The molecule has 0 spiro atoms. The van der Waals surface area contributed by atoms with Crippen molar-refractivity contribution in [1.29, 1.82) is 0 Å². The van der Waals surface area contributed by atoms with E-state index in [-0.39, 0.29) is 13.0 Å². The van der Waals surface area contributed by atoms with E-state index >= 15 is 0 Å². The molecule has 2 atom stereocenters. The van der Waals surface area contributed by atoms with Crippen LogP contribution in [0.5, 0.6) is 0 Å². The fourth-order valence-electron chi connectivity index (χ4n) is 6.01. The van der Waals surface area contributed by atoms with E-state index in [0.717, 1.165) is 64.2 Å². The van der Waals surface area contributed by atoms with Crippen LogP contribution in [0.25, 0.3) is 0 Å². The van der Waals surface area contributed by atoms with Gasteiger partial charge in [0.2, 0.25) is 5.60 Å². The summed E-state index contributed by atoms with van der Waals surface area (Å²) in [4.78, 5) is 23.8. The third kappa shape index (κ3) is 25.4.